The molecular formula is C27H30F6N4O2. The van der Waals surface area contributed by atoms with Gasteiger partial charge in [0.1, 0.15) is 6.61 Å². The summed E-state index contributed by atoms with van der Waals surface area (Å²) in [6, 6.07) is 8.98. The van der Waals surface area contributed by atoms with Crippen LogP contribution in [0.5, 0.6) is 0 Å². The molecule has 3 aliphatic rings. The van der Waals surface area contributed by atoms with Gasteiger partial charge in [-0.2, -0.15) is 26.3 Å². The summed E-state index contributed by atoms with van der Waals surface area (Å²) < 4.78 is 83.8. The summed E-state index contributed by atoms with van der Waals surface area (Å²) in [5.74, 6) is -0.101. The van der Waals surface area contributed by atoms with Gasteiger partial charge in [-0.25, -0.2) is 0 Å². The highest BCUT2D eigenvalue weighted by Gasteiger charge is 2.45. The minimum atomic E-state index is -4.52. The number of carbonyl (C=O) groups is 1. The molecule has 0 radical (unpaired) electrons. The summed E-state index contributed by atoms with van der Waals surface area (Å²) in [5.41, 5.74) is 4.70. The van der Waals surface area contributed by atoms with Crippen LogP contribution in [0.3, 0.4) is 0 Å². The largest absolute Gasteiger partial charge is 0.418 e. The van der Waals surface area contributed by atoms with E-state index in [-0.39, 0.29) is 42.4 Å². The highest BCUT2D eigenvalue weighted by Crippen LogP contribution is 2.38. The van der Waals surface area contributed by atoms with E-state index >= 15 is 0 Å². The Morgan fingerprint density at radius 3 is 2.21 bits per heavy atom. The van der Waals surface area contributed by atoms with E-state index in [9.17, 15) is 31.1 Å². The van der Waals surface area contributed by atoms with E-state index in [1.165, 1.54) is 24.3 Å². The minimum Gasteiger partial charge on any atom is -0.398 e. The number of halogens is 6. The molecular weight excluding hydrogens is 526 g/mol. The first-order valence-electron chi connectivity index (χ1n) is 13.0. The van der Waals surface area contributed by atoms with Crippen molar-refractivity contribution in [1.82, 2.24) is 4.90 Å². The summed E-state index contributed by atoms with van der Waals surface area (Å²) in [6.45, 7) is 1.03. The molecule has 1 aliphatic carbocycles. The molecule has 3 fully saturated rings. The molecule has 0 spiro atoms. The van der Waals surface area contributed by atoms with Crippen LogP contribution in [0.15, 0.2) is 42.5 Å². The van der Waals surface area contributed by atoms with Crippen molar-refractivity contribution in [1.29, 1.82) is 0 Å². The number of nitrogens with zero attached hydrogens (tertiary/aromatic N) is 2. The molecule has 6 nitrogen and oxygen atoms in total. The Bertz CT molecular complexity index is 1180. The number of fused-ring (bicyclic) bond motifs is 2. The molecule has 2 bridgehead atoms. The van der Waals surface area contributed by atoms with E-state index in [1.807, 2.05) is 0 Å². The van der Waals surface area contributed by atoms with E-state index in [1.54, 1.807) is 4.90 Å². The van der Waals surface area contributed by atoms with Crippen LogP contribution >= 0.6 is 0 Å². The first-order valence-corrected chi connectivity index (χ1v) is 13.0. The maximum atomic E-state index is 13.1. The predicted octanol–water partition coefficient (Wildman–Crippen LogP) is 5.54. The van der Waals surface area contributed by atoms with Crippen LogP contribution in [0.2, 0.25) is 0 Å². The number of nitrogens with two attached hydrogens (primary N) is 1. The number of carbonyl (C=O) groups excluding carboxylic acids is 1. The number of likely N-dealkylation sites (tertiary alicyclic amines) is 1. The third-order valence-corrected chi connectivity index (χ3v) is 7.93. The average Bonchev–Trinajstić information content (AvgIpc) is 3.50. The summed E-state index contributed by atoms with van der Waals surface area (Å²) in [6.07, 6.45) is -5.48. The number of rotatable bonds is 6. The van der Waals surface area contributed by atoms with E-state index < -0.39 is 23.5 Å². The van der Waals surface area contributed by atoms with Crippen molar-refractivity contribution in [3.05, 3.63) is 53.6 Å². The van der Waals surface area contributed by atoms with Crippen molar-refractivity contribution in [2.24, 2.45) is 0 Å². The van der Waals surface area contributed by atoms with Gasteiger partial charge in [0.25, 0.3) is 0 Å². The predicted molar refractivity (Wildman–Crippen MR) is 134 cm³/mol. The second kappa shape index (κ2) is 10.4. The van der Waals surface area contributed by atoms with Crippen molar-refractivity contribution in [3.8, 4) is 0 Å². The number of nitrogens with one attached hydrogen (secondary N) is 1. The Labute approximate surface area is 222 Å². The monoisotopic (exact) mass is 556 g/mol. The number of piperazine rings is 1. The number of alkyl halides is 6. The molecule has 39 heavy (non-hydrogen) atoms. The normalized spacial score (nSPS) is 25.3. The SMILES string of the molecule is Nc1ccc(NC2CCC(OCC(=O)N3CC4CC3CN4c3ccc(C(F)(F)F)cc3)CC2)cc1C(F)(F)F. The Morgan fingerprint density at radius 2 is 1.62 bits per heavy atom. The third-order valence-electron chi connectivity index (χ3n) is 7.93. The molecule has 2 aliphatic heterocycles. The van der Waals surface area contributed by atoms with E-state index in [0.717, 1.165) is 30.3 Å². The fraction of sp³-hybridized carbons (Fsp3) is 0.519. The van der Waals surface area contributed by atoms with Gasteiger partial charge in [0.05, 0.1) is 23.3 Å². The van der Waals surface area contributed by atoms with Crippen LogP contribution in [0.25, 0.3) is 0 Å². The summed E-state index contributed by atoms with van der Waals surface area (Å²) in [7, 11) is 0. The molecule has 2 unspecified atom stereocenters. The van der Waals surface area contributed by atoms with Gasteiger partial charge in [-0.15, -0.1) is 0 Å². The van der Waals surface area contributed by atoms with Crippen LogP contribution in [0.4, 0.5) is 43.4 Å². The van der Waals surface area contributed by atoms with Crippen molar-refractivity contribution < 1.29 is 35.9 Å². The standard InChI is InChI=1S/C27H30F6N4O2/c28-26(29,30)16-1-6-19(7-2-16)36-13-21-12-20(36)14-37(21)25(38)15-39-22-8-3-17(4-9-22)35-18-5-10-24(34)23(11-18)27(31,32)33/h1-2,5-7,10-11,17,20-22,35H,3-4,8-9,12-15,34H2. The molecule has 1 saturated carbocycles. The molecule has 2 atom stereocenters. The molecule has 2 heterocycles. The molecule has 3 N–H and O–H groups in total. The number of ether oxygens (including phenoxy) is 1. The van der Waals surface area contributed by atoms with E-state index in [4.69, 9.17) is 10.5 Å². The number of nitrogen functional groups attached to an aromatic ring is 1. The van der Waals surface area contributed by atoms with Gasteiger partial charge in [-0.05, 0) is 74.6 Å². The fourth-order valence-electron chi connectivity index (χ4n) is 5.90. The number of anilines is 3. The Hall–Kier alpha value is -3.15. The zero-order valence-electron chi connectivity index (χ0n) is 21.1. The van der Waals surface area contributed by atoms with Crippen molar-refractivity contribution in [2.45, 2.75) is 68.7 Å². The topological polar surface area (TPSA) is 70.8 Å². The first kappa shape index (κ1) is 27.4. The maximum Gasteiger partial charge on any atom is 0.418 e. The zero-order chi connectivity index (χ0) is 27.9. The minimum absolute atomic E-state index is 0.00393. The smallest absolute Gasteiger partial charge is 0.398 e. The molecule has 212 valence electrons. The van der Waals surface area contributed by atoms with Crippen LogP contribution < -0.4 is 16.0 Å². The number of hydrogen-bond donors (Lipinski definition) is 2. The highest BCUT2D eigenvalue weighted by molar-refractivity contribution is 5.79. The molecule has 2 saturated heterocycles. The molecule has 2 aromatic carbocycles. The molecule has 12 heteroatoms. The van der Waals surface area contributed by atoms with Crippen LogP contribution in [0, 0.1) is 0 Å². The van der Waals surface area contributed by atoms with Crippen molar-refractivity contribution in [3.63, 3.8) is 0 Å². The second-order valence-corrected chi connectivity index (χ2v) is 10.5. The van der Waals surface area contributed by atoms with Crippen molar-refractivity contribution >= 4 is 23.0 Å². The van der Waals surface area contributed by atoms with Gasteiger partial charge in [0.15, 0.2) is 0 Å². The fourth-order valence-corrected chi connectivity index (χ4v) is 5.90. The second-order valence-electron chi connectivity index (χ2n) is 10.5. The van der Waals surface area contributed by atoms with Gasteiger partial charge in [-0.3, -0.25) is 4.79 Å². The van der Waals surface area contributed by atoms with E-state index in [0.29, 0.717) is 44.5 Å². The number of hydrogen-bond acceptors (Lipinski definition) is 5. The molecule has 2 aromatic rings. The summed E-state index contributed by atoms with van der Waals surface area (Å²) in [5, 5.41) is 3.15. The van der Waals surface area contributed by atoms with Crippen molar-refractivity contribution in [2.75, 3.05) is 35.6 Å². The molecule has 0 aromatic heterocycles. The Morgan fingerprint density at radius 1 is 0.923 bits per heavy atom. The van der Waals surface area contributed by atoms with Gasteiger partial charge < -0.3 is 25.6 Å². The highest BCUT2D eigenvalue weighted by atomic mass is 19.4. The van der Waals surface area contributed by atoms with Gasteiger partial charge in [0.2, 0.25) is 5.91 Å². The maximum absolute atomic E-state index is 13.1. The van der Waals surface area contributed by atoms with Crippen LogP contribution in [0.1, 0.15) is 43.2 Å². The number of benzene rings is 2. The average molecular weight is 557 g/mol. The lowest BCUT2D eigenvalue weighted by Gasteiger charge is -2.36. The first-order chi connectivity index (χ1) is 18.4. The van der Waals surface area contributed by atoms with Crippen LogP contribution in [-0.2, 0) is 21.9 Å². The van der Waals surface area contributed by atoms with Gasteiger partial charge in [-0.1, -0.05) is 0 Å². The van der Waals surface area contributed by atoms with Crippen LogP contribution in [-0.4, -0.2) is 54.7 Å². The Kier molecular flexibility index (Phi) is 7.34. The lowest BCUT2D eigenvalue weighted by molar-refractivity contribution is -0.140. The Balaban J connectivity index is 1.06. The third kappa shape index (κ3) is 6.05. The number of amides is 1. The zero-order valence-corrected chi connectivity index (χ0v) is 21.1. The quantitative estimate of drug-likeness (QED) is 0.362. The van der Waals surface area contributed by atoms with Gasteiger partial charge in [0, 0.05) is 42.2 Å². The lowest BCUT2D eigenvalue weighted by Crippen LogP contribution is -2.50. The molecule has 5 rings (SSSR count). The lowest BCUT2D eigenvalue weighted by atomic mass is 9.92. The summed E-state index contributed by atoms with van der Waals surface area (Å²) >= 11 is 0. The van der Waals surface area contributed by atoms with E-state index in [2.05, 4.69) is 10.2 Å². The summed E-state index contributed by atoms with van der Waals surface area (Å²) in [4.78, 5) is 16.7. The van der Waals surface area contributed by atoms with Gasteiger partial charge >= 0.3 is 12.4 Å². The molecule has 1 amide bonds.